The van der Waals surface area contributed by atoms with Crippen molar-refractivity contribution in [3.8, 4) is 0 Å². The summed E-state index contributed by atoms with van der Waals surface area (Å²) in [5.74, 6) is 1.24. The fourth-order valence-electron chi connectivity index (χ4n) is 2.37. The highest BCUT2D eigenvalue weighted by atomic mass is 16.5. The minimum atomic E-state index is 0.130. The van der Waals surface area contributed by atoms with Crippen molar-refractivity contribution in [3.05, 3.63) is 0 Å². The molecule has 1 saturated heterocycles. The number of fused-ring (bicyclic) bond motifs is 1. The predicted octanol–water partition coefficient (Wildman–Crippen LogP) is 0.952. The summed E-state index contributed by atoms with van der Waals surface area (Å²) < 4.78 is 5.28. The number of hydrogen-bond acceptors (Lipinski definition) is 3. The Bertz CT molecular complexity index is 217. The third-order valence-corrected chi connectivity index (χ3v) is 3.06. The quantitative estimate of drug-likeness (QED) is 0.492. The SMILES string of the molecule is CCOC(=N)C12CC1CN(C)C2. The van der Waals surface area contributed by atoms with Crippen LogP contribution in [-0.2, 0) is 4.74 Å². The van der Waals surface area contributed by atoms with Crippen LogP contribution in [0.2, 0.25) is 0 Å². The minimum Gasteiger partial charge on any atom is -0.481 e. The Balaban J connectivity index is 2.01. The van der Waals surface area contributed by atoms with Gasteiger partial charge in [0.1, 0.15) is 0 Å². The van der Waals surface area contributed by atoms with Crippen LogP contribution < -0.4 is 0 Å². The van der Waals surface area contributed by atoms with E-state index >= 15 is 0 Å². The molecule has 0 bridgehead atoms. The van der Waals surface area contributed by atoms with Gasteiger partial charge in [-0.2, -0.15) is 0 Å². The van der Waals surface area contributed by atoms with E-state index in [-0.39, 0.29) is 5.41 Å². The lowest BCUT2D eigenvalue weighted by Crippen LogP contribution is -2.26. The third kappa shape index (κ3) is 0.959. The molecule has 12 heavy (non-hydrogen) atoms. The lowest BCUT2D eigenvalue weighted by molar-refractivity contribution is 0.278. The van der Waals surface area contributed by atoms with Crippen molar-refractivity contribution in [1.82, 2.24) is 4.90 Å². The summed E-state index contributed by atoms with van der Waals surface area (Å²) in [6, 6.07) is 0. The van der Waals surface area contributed by atoms with E-state index in [4.69, 9.17) is 10.1 Å². The van der Waals surface area contributed by atoms with Crippen molar-refractivity contribution in [3.63, 3.8) is 0 Å². The van der Waals surface area contributed by atoms with E-state index in [9.17, 15) is 0 Å². The van der Waals surface area contributed by atoms with Gasteiger partial charge in [0.15, 0.2) is 5.90 Å². The topological polar surface area (TPSA) is 36.3 Å². The molecule has 0 spiro atoms. The van der Waals surface area contributed by atoms with Crippen LogP contribution in [0.5, 0.6) is 0 Å². The highest BCUT2D eigenvalue weighted by Crippen LogP contribution is 2.58. The Morgan fingerprint density at radius 1 is 1.75 bits per heavy atom. The highest BCUT2D eigenvalue weighted by Gasteiger charge is 2.63. The first-order valence-corrected chi connectivity index (χ1v) is 4.59. The molecule has 2 fully saturated rings. The predicted molar refractivity (Wildman–Crippen MR) is 47.4 cm³/mol. The van der Waals surface area contributed by atoms with E-state index in [0.717, 1.165) is 13.1 Å². The second kappa shape index (κ2) is 2.46. The van der Waals surface area contributed by atoms with Crippen LogP contribution in [0, 0.1) is 16.7 Å². The maximum atomic E-state index is 7.77. The molecule has 68 valence electrons. The maximum Gasteiger partial charge on any atom is 0.188 e. The molecule has 2 unspecified atom stereocenters. The zero-order valence-corrected chi connectivity index (χ0v) is 7.76. The summed E-state index contributed by atoms with van der Waals surface area (Å²) in [7, 11) is 2.12. The molecule has 1 N–H and O–H groups in total. The van der Waals surface area contributed by atoms with Gasteiger partial charge in [0, 0.05) is 13.1 Å². The van der Waals surface area contributed by atoms with Gasteiger partial charge in [0.05, 0.1) is 12.0 Å². The number of nitrogens with one attached hydrogen (secondary N) is 1. The van der Waals surface area contributed by atoms with E-state index in [1.54, 1.807) is 0 Å². The number of likely N-dealkylation sites (tertiary alicyclic amines) is 1. The van der Waals surface area contributed by atoms with Gasteiger partial charge in [-0.3, -0.25) is 5.41 Å². The smallest absolute Gasteiger partial charge is 0.188 e. The van der Waals surface area contributed by atoms with E-state index in [2.05, 4.69) is 11.9 Å². The molecule has 0 amide bonds. The van der Waals surface area contributed by atoms with Crippen LogP contribution in [0.4, 0.5) is 0 Å². The molecule has 1 heterocycles. The fraction of sp³-hybridized carbons (Fsp3) is 0.889. The van der Waals surface area contributed by atoms with Gasteiger partial charge in [0.25, 0.3) is 0 Å². The van der Waals surface area contributed by atoms with Crippen molar-refractivity contribution < 1.29 is 4.74 Å². The van der Waals surface area contributed by atoms with Gasteiger partial charge in [0.2, 0.25) is 0 Å². The second-order valence-electron chi connectivity index (χ2n) is 4.02. The third-order valence-electron chi connectivity index (χ3n) is 3.06. The molecule has 0 radical (unpaired) electrons. The number of rotatable bonds is 2. The largest absolute Gasteiger partial charge is 0.481 e. The molecule has 3 nitrogen and oxygen atoms in total. The Labute approximate surface area is 73.2 Å². The highest BCUT2D eigenvalue weighted by molar-refractivity contribution is 5.84. The number of nitrogens with zero attached hydrogens (tertiary/aromatic N) is 1. The van der Waals surface area contributed by atoms with Crippen molar-refractivity contribution in [2.75, 3.05) is 26.7 Å². The monoisotopic (exact) mass is 168 g/mol. The zero-order valence-electron chi connectivity index (χ0n) is 7.76. The van der Waals surface area contributed by atoms with Gasteiger partial charge in [-0.25, -0.2) is 0 Å². The van der Waals surface area contributed by atoms with E-state index in [1.807, 2.05) is 6.92 Å². The van der Waals surface area contributed by atoms with Crippen LogP contribution in [0.3, 0.4) is 0 Å². The number of ether oxygens (including phenoxy) is 1. The zero-order chi connectivity index (χ0) is 8.77. The molecule has 3 heteroatoms. The Hall–Kier alpha value is -0.570. The van der Waals surface area contributed by atoms with Gasteiger partial charge in [-0.1, -0.05) is 0 Å². The molecule has 0 aromatic rings. The molecular formula is C9H16N2O. The Kier molecular flexibility index (Phi) is 1.65. The molecular weight excluding hydrogens is 152 g/mol. The van der Waals surface area contributed by atoms with Gasteiger partial charge < -0.3 is 9.64 Å². The Morgan fingerprint density at radius 2 is 2.50 bits per heavy atom. The molecule has 1 aliphatic heterocycles. The number of piperidine rings is 1. The van der Waals surface area contributed by atoms with E-state index in [0.29, 0.717) is 18.4 Å². The fourth-order valence-corrected chi connectivity index (χ4v) is 2.37. The van der Waals surface area contributed by atoms with Crippen molar-refractivity contribution in [2.24, 2.45) is 11.3 Å². The van der Waals surface area contributed by atoms with Crippen LogP contribution in [0.1, 0.15) is 13.3 Å². The van der Waals surface area contributed by atoms with Crippen molar-refractivity contribution in [2.45, 2.75) is 13.3 Å². The van der Waals surface area contributed by atoms with Crippen LogP contribution in [0.25, 0.3) is 0 Å². The van der Waals surface area contributed by atoms with Crippen LogP contribution >= 0.6 is 0 Å². The minimum absolute atomic E-state index is 0.130. The average molecular weight is 168 g/mol. The Morgan fingerprint density at radius 3 is 3.00 bits per heavy atom. The molecule has 0 aromatic carbocycles. The summed E-state index contributed by atoms with van der Waals surface area (Å²) in [6.07, 6.45) is 1.18. The summed E-state index contributed by atoms with van der Waals surface area (Å²) in [4.78, 5) is 2.29. The molecule has 2 aliphatic rings. The van der Waals surface area contributed by atoms with E-state index < -0.39 is 0 Å². The van der Waals surface area contributed by atoms with Gasteiger partial charge in [-0.15, -0.1) is 0 Å². The van der Waals surface area contributed by atoms with E-state index in [1.165, 1.54) is 6.42 Å². The molecule has 2 atom stereocenters. The maximum absolute atomic E-state index is 7.77. The summed E-state index contributed by atoms with van der Waals surface area (Å²) in [5, 5.41) is 7.77. The standard InChI is InChI=1S/C9H16N2O/c1-3-12-8(10)9-4-7(9)5-11(2)6-9/h7,10H,3-6H2,1-2H3. The average Bonchev–Trinajstić information content (AvgIpc) is 2.57. The summed E-state index contributed by atoms with van der Waals surface area (Å²) in [5.41, 5.74) is 0.130. The lowest BCUT2D eigenvalue weighted by Gasteiger charge is -2.16. The van der Waals surface area contributed by atoms with Gasteiger partial charge in [-0.05, 0) is 26.3 Å². The number of hydrogen-bond donors (Lipinski definition) is 1. The molecule has 2 rings (SSSR count). The first-order chi connectivity index (χ1) is 5.69. The van der Waals surface area contributed by atoms with Crippen molar-refractivity contribution >= 4 is 5.90 Å². The summed E-state index contributed by atoms with van der Waals surface area (Å²) >= 11 is 0. The lowest BCUT2D eigenvalue weighted by atomic mass is 10.1. The van der Waals surface area contributed by atoms with Gasteiger partial charge >= 0.3 is 0 Å². The molecule has 1 aliphatic carbocycles. The summed E-state index contributed by atoms with van der Waals surface area (Å²) in [6.45, 7) is 4.75. The molecule has 0 aromatic heterocycles. The first-order valence-electron chi connectivity index (χ1n) is 4.59. The normalized spacial score (nSPS) is 39.3. The second-order valence-corrected chi connectivity index (χ2v) is 4.02. The first kappa shape index (κ1) is 8.05. The van der Waals surface area contributed by atoms with Crippen LogP contribution in [-0.4, -0.2) is 37.5 Å². The van der Waals surface area contributed by atoms with Crippen LogP contribution in [0.15, 0.2) is 0 Å². The molecule has 1 saturated carbocycles. The van der Waals surface area contributed by atoms with Crippen molar-refractivity contribution in [1.29, 1.82) is 5.41 Å².